The molecule has 2 nitrogen and oxygen atoms in total. The molecule has 0 aromatic rings. The summed E-state index contributed by atoms with van der Waals surface area (Å²) in [6.45, 7) is 10.8. The minimum atomic E-state index is 0.292. The Bertz CT molecular complexity index is 65.0. The molecule has 0 unspecified atom stereocenters. The molecule has 0 saturated heterocycles. The molecular weight excluding hydrogens is 162 g/mol. The standard InChI is InChI=1S/C5H13N.C5H12.CH4O/c1-5(2,3)6-4;1-3-5-4-2;1-2/h6H,1-4H3;3-5H2,1-2H3;2H,1H3. The van der Waals surface area contributed by atoms with Gasteiger partial charge in [-0.2, -0.15) is 0 Å². The maximum absolute atomic E-state index is 7.00. The zero-order chi connectivity index (χ0) is 11.3. The molecule has 0 aromatic heterocycles. The summed E-state index contributed by atoms with van der Waals surface area (Å²) in [5.41, 5.74) is 0.292. The fraction of sp³-hybridized carbons (Fsp3) is 1.00. The van der Waals surface area contributed by atoms with Gasteiger partial charge in [-0.15, -0.1) is 0 Å². The lowest BCUT2D eigenvalue weighted by molar-refractivity contribution is 0.399. The molecule has 2 heteroatoms. The van der Waals surface area contributed by atoms with Gasteiger partial charge in [0.15, 0.2) is 0 Å². The predicted octanol–water partition coefficient (Wildman–Crippen LogP) is 2.81. The van der Waals surface area contributed by atoms with Gasteiger partial charge in [0.25, 0.3) is 0 Å². The molecule has 0 saturated carbocycles. The van der Waals surface area contributed by atoms with E-state index in [1.54, 1.807) is 0 Å². The van der Waals surface area contributed by atoms with Crippen LogP contribution in [-0.4, -0.2) is 24.8 Å². The van der Waals surface area contributed by atoms with Crippen LogP contribution < -0.4 is 5.32 Å². The van der Waals surface area contributed by atoms with Crippen molar-refractivity contribution in [2.24, 2.45) is 0 Å². The van der Waals surface area contributed by atoms with Crippen LogP contribution in [0.1, 0.15) is 53.9 Å². The lowest BCUT2D eigenvalue weighted by Gasteiger charge is -2.15. The SMILES string of the molecule is CCCCC.CNC(C)(C)C.CO. The van der Waals surface area contributed by atoms with Gasteiger partial charge in [-0.05, 0) is 27.8 Å². The average Bonchev–Trinajstić information content (AvgIpc) is 2.09. The summed E-state index contributed by atoms with van der Waals surface area (Å²) in [7, 11) is 2.96. The van der Waals surface area contributed by atoms with Crippen molar-refractivity contribution in [2.75, 3.05) is 14.2 Å². The molecule has 13 heavy (non-hydrogen) atoms. The average molecular weight is 191 g/mol. The Balaban J connectivity index is -0.000000131. The molecule has 0 amide bonds. The topological polar surface area (TPSA) is 32.3 Å². The minimum absolute atomic E-state index is 0.292. The van der Waals surface area contributed by atoms with E-state index in [0.29, 0.717) is 5.54 Å². The smallest absolute Gasteiger partial charge is 0.0319 e. The number of aliphatic hydroxyl groups is 1. The monoisotopic (exact) mass is 191 g/mol. The lowest BCUT2D eigenvalue weighted by Crippen LogP contribution is -2.31. The van der Waals surface area contributed by atoms with Gasteiger partial charge in [-0.3, -0.25) is 0 Å². The first-order valence-electron chi connectivity index (χ1n) is 5.11. The van der Waals surface area contributed by atoms with E-state index >= 15 is 0 Å². The van der Waals surface area contributed by atoms with Crippen molar-refractivity contribution in [3.63, 3.8) is 0 Å². The summed E-state index contributed by atoms with van der Waals surface area (Å²) in [6.07, 6.45) is 4.08. The van der Waals surface area contributed by atoms with E-state index in [-0.39, 0.29) is 0 Å². The van der Waals surface area contributed by atoms with Crippen molar-refractivity contribution >= 4 is 0 Å². The summed E-state index contributed by atoms with van der Waals surface area (Å²) in [4.78, 5) is 0. The molecule has 0 radical (unpaired) electrons. The molecule has 0 atom stereocenters. The largest absolute Gasteiger partial charge is 0.400 e. The molecule has 0 aliphatic heterocycles. The fourth-order valence-corrected chi connectivity index (χ4v) is 0.354. The van der Waals surface area contributed by atoms with Crippen LogP contribution in [0, 0.1) is 0 Å². The molecule has 0 spiro atoms. The molecule has 0 aromatic carbocycles. The van der Waals surface area contributed by atoms with E-state index in [1.165, 1.54) is 19.3 Å². The Morgan fingerprint density at radius 3 is 1.23 bits per heavy atom. The van der Waals surface area contributed by atoms with Crippen LogP contribution >= 0.6 is 0 Å². The van der Waals surface area contributed by atoms with Gasteiger partial charge in [0.2, 0.25) is 0 Å². The number of hydrogen-bond donors (Lipinski definition) is 2. The van der Waals surface area contributed by atoms with E-state index in [0.717, 1.165) is 7.11 Å². The maximum atomic E-state index is 7.00. The van der Waals surface area contributed by atoms with Gasteiger partial charge in [-0.25, -0.2) is 0 Å². The maximum Gasteiger partial charge on any atom is 0.0319 e. The summed E-state index contributed by atoms with van der Waals surface area (Å²) in [5, 5.41) is 10.1. The second kappa shape index (κ2) is 14.4. The second-order valence-corrected chi connectivity index (χ2v) is 3.85. The van der Waals surface area contributed by atoms with Crippen molar-refractivity contribution in [2.45, 2.75) is 59.4 Å². The highest BCUT2D eigenvalue weighted by Gasteiger charge is 2.01. The van der Waals surface area contributed by atoms with Crippen molar-refractivity contribution in [3.8, 4) is 0 Å². The van der Waals surface area contributed by atoms with Crippen LogP contribution in [0.25, 0.3) is 0 Å². The van der Waals surface area contributed by atoms with Gasteiger partial charge < -0.3 is 10.4 Å². The first kappa shape index (κ1) is 18.7. The van der Waals surface area contributed by atoms with Gasteiger partial charge in [-0.1, -0.05) is 33.1 Å². The summed E-state index contributed by atoms with van der Waals surface area (Å²) < 4.78 is 0. The van der Waals surface area contributed by atoms with E-state index in [1.807, 2.05) is 7.05 Å². The van der Waals surface area contributed by atoms with Gasteiger partial charge in [0.05, 0.1) is 0 Å². The quantitative estimate of drug-likeness (QED) is 0.703. The Morgan fingerprint density at radius 1 is 1.00 bits per heavy atom. The Hall–Kier alpha value is -0.0800. The molecule has 0 heterocycles. The zero-order valence-corrected chi connectivity index (χ0v) is 10.6. The van der Waals surface area contributed by atoms with E-state index in [4.69, 9.17) is 5.11 Å². The molecule has 0 bridgehead atoms. The van der Waals surface area contributed by atoms with E-state index in [9.17, 15) is 0 Å². The normalized spacial score (nSPS) is 9.23. The third-order valence-corrected chi connectivity index (χ3v) is 1.46. The summed E-state index contributed by atoms with van der Waals surface area (Å²) in [6, 6.07) is 0. The molecule has 2 N–H and O–H groups in total. The Kier molecular flexibility index (Phi) is 20.7. The fourth-order valence-electron chi connectivity index (χ4n) is 0.354. The number of unbranched alkanes of at least 4 members (excludes halogenated alkanes) is 2. The first-order valence-corrected chi connectivity index (χ1v) is 5.11. The Morgan fingerprint density at radius 2 is 1.23 bits per heavy atom. The van der Waals surface area contributed by atoms with Crippen molar-refractivity contribution < 1.29 is 5.11 Å². The predicted molar refractivity (Wildman–Crippen MR) is 62.2 cm³/mol. The van der Waals surface area contributed by atoms with Gasteiger partial charge in [0, 0.05) is 12.6 Å². The van der Waals surface area contributed by atoms with Crippen molar-refractivity contribution in [1.29, 1.82) is 0 Å². The van der Waals surface area contributed by atoms with Crippen LogP contribution in [0.5, 0.6) is 0 Å². The van der Waals surface area contributed by atoms with E-state index in [2.05, 4.69) is 39.9 Å². The number of aliphatic hydroxyl groups excluding tert-OH is 1. The van der Waals surface area contributed by atoms with Crippen molar-refractivity contribution in [1.82, 2.24) is 5.32 Å². The molecule has 0 fully saturated rings. The summed E-state index contributed by atoms with van der Waals surface area (Å²) in [5.74, 6) is 0. The molecular formula is C11H29NO. The third kappa shape index (κ3) is 48.5. The summed E-state index contributed by atoms with van der Waals surface area (Å²) >= 11 is 0. The molecule has 0 rings (SSSR count). The number of rotatable bonds is 2. The van der Waals surface area contributed by atoms with Gasteiger partial charge >= 0.3 is 0 Å². The highest BCUT2D eigenvalue weighted by molar-refractivity contribution is 4.65. The molecule has 84 valence electrons. The molecule has 0 aliphatic carbocycles. The Labute approximate surface area is 84.7 Å². The first-order chi connectivity index (χ1) is 5.97. The zero-order valence-electron chi connectivity index (χ0n) is 10.6. The van der Waals surface area contributed by atoms with E-state index < -0.39 is 0 Å². The molecule has 0 aliphatic rings. The highest BCUT2D eigenvalue weighted by atomic mass is 16.2. The third-order valence-electron chi connectivity index (χ3n) is 1.46. The van der Waals surface area contributed by atoms with Crippen LogP contribution in [0.4, 0.5) is 0 Å². The van der Waals surface area contributed by atoms with Crippen LogP contribution in [-0.2, 0) is 0 Å². The number of hydrogen-bond acceptors (Lipinski definition) is 2. The van der Waals surface area contributed by atoms with Crippen LogP contribution in [0.3, 0.4) is 0 Å². The van der Waals surface area contributed by atoms with Crippen LogP contribution in [0.15, 0.2) is 0 Å². The van der Waals surface area contributed by atoms with Crippen LogP contribution in [0.2, 0.25) is 0 Å². The van der Waals surface area contributed by atoms with Gasteiger partial charge in [0.1, 0.15) is 0 Å². The second-order valence-electron chi connectivity index (χ2n) is 3.85. The lowest BCUT2D eigenvalue weighted by atomic mass is 10.1. The number of nitrogens with one attached hydrogen (secondary N) is 1. The minimum Gasteiger partial charge on any atom is -0.400 e. The van der Waals surface area contributed by atoms with Crippen molar-refractivity contribution in [3.05, 3.63) is 0 Å². The highest BCUT2D eigenvalue weighted by Crippen LogP contribution is 1.93.